The average Bonchev–Trinajstić information content (AvgIpc) is 2.39. The summed E-state index contributed by atoms with van der Waals surface area (Å²) in [6.07, 6.45) is 1.94. The molecular weight excluding hydrogens is 228 g/mol. The van der Waals surface area contributed by atoms with Crippen molar-refractivity contribution in [1.29, 1.82) is 5.26 Å². The van der Waals surface area contributed by atoms with Crippen molar-refractivity contribution in [3.63, 3.8) is 0 Å². The summed E-state index contributed by atoms with van der Waals surface area (Å²) in [4.78, 5) is 11.7. The first-order chi connectivity index (χ1) is 8.67. The highest BCUT2D eigenvalue weighted by Gasteiger charge is 2.12. The van der Waals surface area contributed by atoms with Crippen LogP contribution in [0.1, 0.15) is 18.9 Å². The fraction of sp³-hybridized carbons (Fsp3) is 0.286. The second-order valence-corrected chi connectivity index (χ2v) is 3.77. The van der Waals surface area contributed by atoms with Crippen molar-refractivity contribution in [2.24, 2.45) is 0 Å². The molecule has 0 aromatic heterocycles. The number of anilines is 1. The Bertz CT molecular complexity index is 446. The van der Waals surface area contributed by atoms with Crippen LogP contribution in [0.15, 0.2) is 36.9 Å². The molecular formula is C14H16N2O2. The topological polar surface area (TPSA) is 62.1 Å². The molecule has 0 aliphatic rings. The van der Waals surface area contributed by atoms with Gasteiger partial charge in [-0.05, 0) is 37.6 Å². The van der Waals surface area contributed by atoms with Crippen molar-refractivity contribution in [3.05, 3.63) is 42.5 Å². The fourth-order valence-electron chi connectivity index (χ4n) is 1.28. The number of nitriles is 1. The molecule has 0 radical (unpaired) electrons. The zero-order chi connectivity index (χ0) is 13.4. The fourth-order valence-corrected chi connectivity index (χ4v) is 1.28. The Morgan fingerprint density at radius 2 is 2.22 bits per heavy atom. The normalized spacial score (nSPS) is 11.3. The summed E-state index contributed by atoms with van der Waals surface area (Å²) in [5, 5.41) is 11.4. The van der Waals surface area contributed by atoms with E-state index in [4.69, 9.17) is 10.00 Å². The molecule has 94 valence electrons. The van der Waals surface area contributed by atoms with Gasteiger partial charge in [-0.25, -0.2) is 0 Å². The molecule has 0 bridgehead atoms. The molecule has 0 saturated carbocycles. The largest absolute Gasteiger partial charge is 0.368 e. The molecule has 1 amide bonds. The van der Waals surface area contributed by atoms with Crippen LogP contribution in [0.25, 0.3) is 0 Å². The number of benzene rings is 1. The maximum Gasteiger partial charge on any atom is 0.253 e. The molecule has 1 rings (SSSR count). The minimum atomic E-state index is -0.513. The molecule has 0 aliphatic heterocycles. The lowest BCUT2D eigenvalue weighted by molar-refractivity contribution is -0.126. The maximum absolute atomic E-state index is 11.7. The van der Waals surface area contributed by atoms with Crippen LogP contribution in [0.5, 0.6) is 0 Å². The summed E-state index contributed by atoms with van der Waals surface area (Å²) in [6, 6.07) is 8.70. The zero-order valence-corrected chi connectivity index (χ0v) is 10.3. The number of amides is 1. The van der Waals surface area contributed by atoms with Crippen LogP contribution in [0.4, 0.5) is 5.69 Å². The smallest absolute Gasteiger partial charge is 0.253 e. The van der Waals surface area contributed by atoms with Crippen molar-refractivity contribution in [3.8, 4) is 6.07 Å². The Morgan fingerprint density at radius 3 is 2.78 bits per heavy atom. The van der Waals surface area contributed by atoms with Gasteiger partial charge in [-0.2, -0.15) is 5.26 Å². The van der Waals surface area contributed by atoms with E-state index in [9.17, 15) is 4.79 Å². The lowest BCUT2D eigenvalue weighted by atomic mass is 10.2. The molecule has 0 spiro atoms. The summed E-state index contributed by atoms with van der Waals surface area (Å²) in [7, 11) is 0. The second kappa shape index (κ2) is 7.25. The number of nitrogens with one attached hydrogen (secondary N) is 1. The van der Waals surface area contributed by atoms with Gasteiger partial charge < -0.3 is 10.1 Å². The van der Waals surface area contributed by atoms with Crippen LogP contribution in [-0.2, 0) is 9.53 Å². The Morgan fingerprint density at radius 1 is 1.56 bits per heavy atom. The number of hydrogen-bond donors (Lipinski definition) is 1. The molecule has 0 aliphatic carbocycles. The Labute approximate surface area is 107 Å². The molecule has 4 nitrogen and oxygen atoms in total. The number of carbonyl (C=O) groups is 1. The van der Waals surface area contributed by atoms with Crippen LogP contribution in [0.2, 0.25) is 0 Å². The number of ether oxygens (including phenoxy) is 1. The molecule has 4 heteroatoms. The van der Waals surface area contributed by atoms with Gasteiger partial charge in [0.2, 0.25) is 0 Å². The van der Waals surface area contributed by atoms with Gasteiger partial charge in [-0.15, -0.1) is 6.58 Å². The molecule has 18 heavy (non-hydrogen) atoms. The third-order valence-electron chi connectivity index (χ3n) is 2.34. The monoisotopic (exact) mass is 244 g/mol. The first-order valence-electron chi connectivity index (χ1n) is 5.71. The second-order valence-electron chi connectivity index (χ2n) is 3.77. The van der Waals surface area contributed by atoms with Crippen molar-refractivity contribution >= 4 is 11.6 Å². The first-order valence-corrected chi connectivity index (χ1v) is 5.71. The molecule has 1 aromatic rings. The number of hydrogen-bond acceptors (Lipinski definition) is 3. The number of carbonyl (C=O) groups excluding carboxylic acids is 1. The quantitative estimate of drug-likeness (QED) is 0.617. The van der Waals surface area contributed by atoms with Crippen LogP contribution in [0, 0.1) is 11.3 Å². The standard InChI is InChI=1S/C14H16N2O2/c1-3-4-9-18-11(2)14(17)16-13-7-5-12(10-15)6-8-13/h3,5-8,11H,1,4,9H2,2H3,(H,16,17). The van der Waals surface area contributed by atoms with Gasteiger partial charge in [-0.1, -0.05) is 6.08 Å². The summed E-state index contributed by atoms with van der Waals surface area (Å²) in [5.41, 5.74) is 1.21. The van der Waals surface area contributed by atoms with E-state index in [2.05, 4.69) is 11.9 Å². The Balaban J connectivity index is 2.47. The lowest BCUT2D eigenvalue weighted by Crippen LogP contribution is -2.27. The molecule has 0 fully saturated rings. The highest BCUT2D eigenvalue weighted by Crippen LogP contribution is 2.09. The predicted molar refractivity (Wildman–Crippen MR) is 70.0 cm³/mol. The Hall–Kier alpha value is -2.12. The van der Waals surface area contributed by atoms with E-state index in [-0.39, 0.29) is 5.91 Å². The van der Waals surface area contributed by atoms with Gasteiger partial charge in [0, 0.05) is 5.69 Å². The number of nitrogens with zero attached hydrogens (tertiary/aromatic N) is 1. The van der Waals surface area contributed by atoms with Gasteiger partial charge >= 0.3 is 0 Å². The predicted octanol–water partition coefficient (Wildman–Crippen LogP) is 2.48. The number of rotatable bonds is 6. The summed E-state index contributed by atoms with van der Waals surface area (Å²) < 4.78 is 5.33. The van der Waals surface area contributed by atoms with Crippen molar-refractivity contribution in [2.45, 2.75) is 19.4 Å². The van der Waals surface area contributed by atoms with E-state index in [1.54, 1.807) is 37.3 Å². The van der Waals surface area contributed by atoms with E-state index >= 15 is 0 Å². The molecule has 1 aromatic carbocycles. The lowest BCUT2D eigenvalue weighted by Gasteiger charge is -2.12. The van der Waals surface area contributed by atoms with Crippen LogP contribution < -0.4 is 5.32 Å². The van der Waals surface area contributed by atoms with Gasteiger partial charge in [-0.3, -0.25) is 4.79 Å². The minimum absolute atomic E-state index is 0.205. The van der Waals surface area contributed by atoms with E-state index in [1.165, 1.54) is 0 Å². The van der Waals surface area contributed by atoms with E-state index in [0.29, 0.717) is 24.3 Å². The molecule has 0 heterocycles. The van der Waals surface area contributed by atoms with Gasteiger partial charge in [0.1, 0.15) is 6.10 Å². The van der Waals surface area contributed by atoms with Crippen molar-refractivity contribution < 1.29 is 9.53 Å². The molecule has 0 saturated heterocycles. The van der Waals surface area contributed by atoms with E-state index in [1.807, 2.05) is 6.07 Å². The van der Waals surface area contributed by atoms with Crippen molar-refractivity contribution in [1.82, 2.24) is 0 Å². The van der Waals surface area contributed by atoms with Gasteiger partial charge in [0.25, 0.3) is 5.91 Å². The molecule has 1 atom stereocenters. The average molecular weight is 244 g/mol. The molecule has 1 N–H and O–H groups in total. The van der Waals surface area contributed by atoms with E-state index in [0.717, 1.165) is 0 Å². The summed E-state index contributed by atoms with van der Waals surface area (Å²) in [5.74, 6) is -0.205. The first kappa shape index (κ1) is 13.9. The van der Waals surface area contributed by atoms with Gasteiger partial charge in [0.15, 0.2) is 0 Å². The maximum atomic E-state index is 11.7. The van der Waals surface area contributed by atoms with Crippen molar-refractivity contribution in [2.75, 3.05) is 11.9 Å². The third kappa shape index (κ3) is 4.40. The van der Waals surface area contributed by atoms with Crippen LogP contribution >= 0.6 is 0 Å². The highest BCUT2D eigenvalue weighted by molar-refractivity contribution is 5.93. The van der Waals surface area contributed by atoms with Crippen LogP contribution in [-0.4, -0.2) is 18.6 Å². The SMILES string of the molecule is C=CCCOC(C)C(=O)Nc1ccc(C#N)cc1. The summed E-state index contributed by atoms with van der Waals surface area (Å²) >= 11 is 0. The third-order valence-corrected chi connectivity index (χ3v) is 2.34. The minimum Gasteiger partial charge on any atom is -0.368 e. The van der Waals surface area contributed by atoms with E-state index < -0.39 is 6.10 Å². The summed E-state index contributed by atoms with van der Waals surface area (Å²) in [6.45, 7) is 5.75. The Kier molecular flexibility index (Phi) is 5.62. The highest BCUT2D eigenvalue weighted by atomic mass is 16.5. The molecule has 1 unspecified atom stereocenters. The van der Waals surface area contributed by atoms with Crippen LogP contribution in [0.3, 0.4) is 0 Å². The van der Waals surface area contributed by atoms with Gasteiger partial charge in [0.05, 0.1) is 18.2 Å². The zero-order valence-electron chi connectivity index (χ0n) is 10.3.